The summed E-state index contributed by atoms with van der Waals surface area (Å²) in [5, 5.41) is 7.97. The molecule has 0 unspecified atom stereocenters. The molecular formula is C6H6N4O. The lowest BCUT2D eigenvalue weighted by Crippen LogP contribution is -2.22. The fraction of sp³-hybridized carbons (Fsp3) is 0. The smallest absolute Gasteiger partial charge is 0.249 e. The number of fused-ring (bicyclic) bond motifs is 1. The Hall–Kier alpha value is -1.78. The number of hydrogen-bond donors (Lipinski definition) is 2. The molecule has 0 aromatic heterocycles. The molecule has 0 saturated heterocycles. The van der Waals surface area contributed by atoms with Crippen molar-refractivity contribution in [3.63, 3.8) is 0 Å². The highest BCUT2D eigenvalue weighted by Gasteiger charge is 2.12. The zero-order chi connectivity index (χ0) is 7.68. The Labute approximate surface area is 63.0 Å². The van der Waals surface area contributed by atoms with Gasteiger partial charge in [0.25, 0.3) is 0 Å². The number of hydrazine groups is 1. The van der Waals surface area contributed by atoms with E-state index in [9.17, 15) is 4.79 Å². The van der Waals surface area contributed by atoms with E-state index in [1.165, 1.54) is 6.08 Å². The van der Waals surface area contributed by atoms with Crippen molar-refractivity contribution < 1.29 is 4.79 Å². The summed E-state index contributed by atoms with van der Waals surface area (Å²) in [4.78, 5) is 10.8. The molecular weight excluding hydrogens is 144 g/mol. The summed E-state index contributed by atoms with van der Waals surface area (Å²) in [5.74, 6) is -0.137. The van der Waals surface area contributed by atoms with Gasteiger partial charge < -0.3 is 5.32 Å². The van der Waals surface area contributed by atoms with Crippen molar-refractivity contribution >= 4 is 12.1 Å². The maximum Gasteiger partial charge on any atom is 0.249 e. The number of carbonyl (C=O) groups is 1. The molecule has 0 atom stereocenters. The van der Waals surface area contributed by atoms with Crippen LogP contribution in [0.2, 0.25) is 0 Å². The number of hydrogen-bond acceptors (Lipinski definition) is 4. The molecule has 5 nitrogen and oxygen atoms in total. The van der Waals surface area contributed by atoms with Gasteiger partial charge in [-0.1, -0.05) is 0 Å². The van der Waals surface area contributed by atoms with E-state index in [-0.39, 0.29) is 5.91 Å². The monoisotopic (exact) mass is 150 g/mol. The van der Waals surface area contributed by atoms with Gasteiger partial charge in [0, 0.05) is 18.5 Å². The SMILES string of the molecule is O=C1C=CN2NN=CC2=CN1. The van der Waals surface area contributed by atoms with Crippen LogP contribution in [0.15, 0.2) is 29.3 Å². The third kappa shape index (κ3) is 0.958. The number of nitrogens with one attached hydrogen (secondary N) is 2. The van der Waals surface area contributed by atoms with Crippen molar-refractivity contribution in [1.29, 1.82) is 0 Å². The number of hydrazone groups is 1. The molecule has 2 rings (SSSR count). The molecule has 2 heterocycles. The largest absolute Gasteiger partial charge is 0.327 e. The fourth-order valence-corrected chi connectivity index (χ4v) is 0.839. The minimum absolute atomic E-state index is 0.137. The average Bonchev–Trinajstić information content (AvgIpc) is 2.38. The maximum atomic E-state index is 10.8. The molecule has 1 amide bonds. The summed E-state index contributed by atoms with van der Waals surface area (Å²) in [5.41, 5.74) is 3.49. The van der Waals surface area contributed by atoms with E-state index in [0.717, 1.165) is 5.70 Å². The Morgan fingerprint density at radius 3 is 3.36 bits per heavy atom. The zero-order valence-corrected chi connectivity index (χ0v) is 5.61. The van der Waals surface area contributed by atoms with Crippen LogP contribution < -0.4 is 10.9 Å². The van der Waals surface area contributed by atoms with Gasteiger partial charge >= 0.3 is 0 Å². The molecule has 2 N–H and O–H groups in total. The average molecular weight is 150 g/mol. The van der Waals surface area contributed by atoms with E-state index in [2.05, 4.69) is 16.0 Å². The van der Waals surface area contributed by atoms with E-state index in [4.69, 9.17) is 0 Å². The van der Waals surface area contributed by atoms with Crippen LogP contribution in [-0.4, -0.2) is 17.1 Å². The molecule has 0 radical (unpaired) electrons. The lowest BCUT2D eigenvalue weighted by atomic mass is 10.5. The van der Waals surface area contributed by atoms with Crippen molar-refractivity contribution in [2.45, 2.75) is 0 Å². The summed E-state index contributed by atoms with van der Waals surface area (Å²) < 4.78 is 0. The van der Waals surface area contributed by atoms with E-state index < -0.39 is 0 Å². The standard InChI is InChI=1S/C6H6N4O/c11-6-1-2-10-5(3-7-6)4-8-9-10/h1-4,9H,(H,7,11). The second-order valence-corrected chi connectivity index (χ2v) is 2.12. The highest BCUT2D eigenvalue weighted by atomic mass is 16.1. The number of carbonyl (C=O) groups excluding carboxylic acids is 1. The molecule has 0 saturated carbocycles. The van der Waals surface area contributed by atoms with Crippen molar-refractivity contribution in [2.24, 2.45) is 5.10 Å². The van der Waals surface area contributed by atoms with Crippen LogP contribution >= 0.6 is 0 Å². The third-order valence-corrected chi connectivity index (χ3v) is 1.38. The summed E-state index contributed by atoms with van der Waals surface area (Å²) in [7, 11) is 0. The van der Waals surface area contributed by atoms with Gasteiger partial charge in [0.2, 0.25) is 5.91 Å². The van der Waals surface area contributed by atoms with Crippen LogP contribution in [0.5, 0.6) is 0 Å². The molecule has 0 aromatic carbocycles. The van der Waals surface area contributed by atoms with Gasteiger partial charge in [0.1, 0.15) is 5.70 Å². The van der Waals surface area contributed by atoms with E-state index in [0.29, 0.717) is 0 Å². The van der Waals surface area contributed by atoms with Crippen LogP contribution in [0, 0.1) is 0 Å². The molecule has 2 aliphatic rings. The minimum Gasteiger partial charge on any atom is -0.327 e. The van der Waals surface area contributed by atoms with E-state index in [1.54, 1.807) is 23.6 Å². The number of nitrogens with zero attached hydrogens (tertiary/aromatic N) is 2. The van der Waals surface area contributed by atoms with Gasteiger partial charge in [-0.25, -0.2) is 10.5 Å². The molecule has 0 bridgehead atoms. The Bertz CT molecular complexity index is 278. The number of allylic oxidation sites excluding steroid dienone is 1. The Balaban J connectivity index is 2.31. The Kier molecular flexibility index (Phi) is 1.15. The minimum atomic E-state index is -0.137. The fourth-order valence-electron chi connectivity index (χ4n) is 0.839. The number of amides is 1. The third-order valence-electron chi connectivity index (χ3n) is 1.38. The molecule has 2 aliphatic heterocycles. The number of rotatable bonds is 0. The molecule has 11 heavy (non-hydrogen) atoms. The highest BCUT2D eigenvalue weighted by molar-refractivity contribution is 5.90. The Morgan fingerprint density at radius 2 is 2.45 bits per heavy atom. The maximum absolute atomic E-state index is 10.8. The van der Waals surface area contributed by atoms with Crippen LogP contribution in [0.1, 0.15) is 0 Å². The lowest BCUT2D eigenvalue weighted by Gasteiger charge is -2.09. The normalized spacial score (nSPS) is 20.2. The van der Waals surface area contributed by atoms with Gasteiger partial charge in [-0.2, -0.15) is 5.10 Å². The summed E-state index contributed by atoms with van der Waals surface area (Å²) >= 11 is 0. The van der Waals surface area contributed by atoms with Gasteiger partial charge in [0.05, 0.1) is 6.21 Å². The van der Waals surface area contributed by atoms with Gasteiger partial charge in [-0.05, 0) is 0 Å². The van der Waals surface area contributed by atoms with Crippen molar-refractivity contribution in [3.8, 4) is 0 Å². The van der Waals surface area contributed by atoms with Crippen LogP contribution in [-0.2, 0) is 4.79 Å². The van der Waals surface area contributed by atoms with Crippen molar-refractivity contribution in [2.75, 3.05) is 0 Å². The van der Waals surface area contributed by atoms with Crippen molar-refractivity contribution in [3.05, 3.63) is 24.2 Å². The van der Waals surface area contributed by atoms with Crippen molar-refractivity contribution in [1.82, 2.24) is 15.9 Å². The molecule has 5 heteroatoms. The Morgan fingerprint density at radius 1 is 1.55 bits per heavy atom. The summed E-state index contributed by atoms with van der Waals surface area (Å²) in [6.45, 7) is 0. The van der Waals surface area contributed by atoms with E-state index >= 15 is 0 Å². The zero-order valence-electron chi connectivity index (χ0n) is 5.61. The molecule has 56 valence electrons. The summed E-state index contributed by atoms with van der Waals surface area (Å²) in [6.07, 6.45) is 6.24. The molecule has 0 fully saturated rings. The van der Waals surface area contributed by atoms with Crippen LogP contribution in [0.25, 0.3) is 0 Å². The van der Waals surface area contributed by atoms with Crippen LogP contribution in [0.4, 0.5) is 0 Å². The highest BCUT2D eigenvalue weighted by Crippen LogP contribution is 2.05. The van der Waals surface area contributed by atoms with E-state index in [1.807, 2.05) is 0 Å². The molecule has 0 aromatic rings. The molecule has 0 aliphatic carbocycles. The van der Waals surface area contributed by atoms with Gasteiger partial charge in [-0.15, -0.1) is 0 Å². The summed E-state index contributed by atoms with van der Waals surface area (Å²) in [6, 6.07) is 0. The molecule has 0 spiro atoms. The predicted octanol–water partition coefficient (Wildman–Crippen LogP) is -0.723. The first-order chi connectivity index (χ1) is 5.36. The quantitative estimate of drug-likeness (QED) is 0.479. The van der Waals surface area contributed by atoms with Gasteiger partial charge in [0.15, 0.2) is 0 Å². The second-order valence-electron chi connectivity index (χ2n) is 2.12. The first-order valence-corrected chi connectivity index (χ1v) is 3.13. The van der Waals surface area contributed by atoms with Gasteiger partial charge in [-0.3, -0.25) is 4.79 Å². The first kappa shape index (κ1) is 5.96. The lowest BCUT2D eigenvalue weighted by molar-refractivity contribution is -0.115. The first-order valence-electron chi connectivity index (χ1n) is 3.13. The predicted molar refractivity (Wildman–Crippen MR) is 38.8 cm³/mol. The second kappa shape index (κ2) is 2.12. The topological polar surface area (TPSA) is 56.7 Å². The van der Waals surface area contributed by atoms with Crippen LogP contribution in [0.3, 0.4) is 0 Å².